The molecular formula is C15H14N2. The van der Waals surface area contributed by atoms with Gasteiger partial charge in [-0.2, -0.15) is 0 Å². The third kappa shape index (κ3) is 1.62. The van der Waals surface area contributed by atoms with Gasteiger partial charge in [0.25, 0.3) is 0 Å². The van der Waals surface area contributed by atoms with E-state index in [-0.39, 0.29) is 0 Å². The van der Waals surface area contributed by atoms with Crippen molar-refractivity contribution in [3.05, 3.63) is 59.9 Å². The van der Waals surface area contributed by atoms with E-state index in [2.05, 4.69) is 65.8 Å². The maximum absolute atomic E-state index is 4.52. The Morgan fingerprint density at radius 2 is 1.76 bits per heavy atom. The van der Waals surface area contributed by atoms with Crippen molar-refractivity contribution < 1.29 is 0 Å². The number of hydrogen-bond acceptors (Lipinski definition) is 1. The molecule has 84 valence electrons. The summed E-state index contributed by atoms with van der Waals surface area (Å²) in [6.07, 6.45) is 4.00. The van der Waals surface area contributed by atoms with Gasteiger partial charge in [0.15, 0.2) is 0 Å². The third-order valence-corrected chi connectivity index (χ3v) is 3.09. The lowest BCUT2D eigenvalue weighted by Gasteiger charge is -2.03. The van der Waals surface area contributed by atoms with Crippen LogP contribution in [0.5, 0.6) is 0 Å². The molecule has 0 spiro atoms. The molecule has 0 fully saturated rings. The Bertz CT molecular complexity index is 663. The molecule has 2 aromatic heterocycles. The number of benzene rings is 1. The van der Waals surface area contributed by atoms with E-state index in [1.807, 2.05) is 6.20 Å². The number of fused-ring (bicyclic) bond motifs is 1. The van der Waals surface area contributed by atoms with E-state index in [1.54, 1.807) is 0 Å². The molecule has 0 saturated heterocycles. The predicted molar refractivity (Wildman–Crippen MR) is 70.1 cm³/mol. The van der Waals surface area contributed by atoms with E-state index >= 15 is 0 Å². The Morgan fingerprint density at radius 1 is 1.00 bits per heavy atom. The molecule has 0 unspecified atom stereocenters. The Kier molecular flexibility index (Phi) is 2.22. The van der Waals surface area contributed by atoms with E-state index < -0.39 is 0 Å². The maximum Gasteiger partial charge on any atom is 0.144 e. The molecule has 0 bridgehead atoms. The summed E-state index contributed by atoms with van der Waals surface area (Å²) in [6, 6.07) is 12.6. The van der Waals surface area contributed by atoms with Crippen LogP contribution < -0.4 is 0 Å². The maximum atomic E-state index is 4.52. The number of aromatic nitrogens is 2. The van der Waals surface area contributed by atoms with Crippen LogP contribution in [-0.2, 0) is 0 Å². The zero-order valence-electron chi connectivity index (χ0n) is 10.0. The molecule has 1 aromatic carbocycles. The van der Waals surface area contributed by atoms with Crippen LogP contribution in [-0.4, -0.2) is 9.38 Å². The molecule has 0 saturated carbocycles. The van der Waals surface area contributed by atoms with Crippen LogP contribution in [0.2, 0.25) is 0 Å². The molecule has 0 amide bonds. The van der Waals surface area contributed by atoms with Crippen molar-refractivity contribution in [3.63, 3.8) is 0 Å². The van der Waals surface area contributed by atoms with Gasteiger partial charge in [-0.15, -0.1) is 0 Å². The summed E-state index contributed by atoms with van der Waals surface area (Å²) in [5.74, 6) is 1.00. The molecule has 0 radical (unpaired) electrons. The highest BCUT2D eigenvalue weighted by Gasteiger charge is 2.06. The van der Waals surface area contributed by atoms with Crippen molar-refractivity contribution in [1.82, 2.24) is 9.38 Å². The van der Waals surface area contributed by atoms with Gasteiger partial charge in [0.2, 0.25) is 0 Å². The SMILES string of the molecule is Cc1ccc(-c2ncc3c(C)cccn23)cc1. The standard InChI is InChI=1S/C15H14N2/c1-11-5-7-13(8-6-11)15-16-10-14-12(2)4-3-9-17(14)15/h3-10H,1-2H3. The summed E-state index contributed by atoms with van der Waals surface area (Å²) in [6.45, 7) is 4.20. The number of imidazole rings is 1. The molecule has 0 aliphatic rings. The quantitative estimate of drug-likeness (QED) is 0.614. The van der Waals surface area contributed by atoms with E-state index in [0.29, 0.717) is 0 Å². The second kappa shape index (κ2) is 3.74. The summed E-state index contributed by atoms with van der Waals surface area (Å²) < 4.78 is 2.14. The van der Waals surface area contributed by atoms with E-state index in [0.717, 1.165) is 11.4 Å². The fraction of sp³-hybridized carbons (Fsp3) is 0.133. The minimum absolute atomic E-state index is 1.00. The van der Waals surface area contributed by atoms with Gasteiger partial charge in [0, 0.05) is 11.8 Å². The molecule has 17 heavy (non-hydrogen) atoms. The molecule has 3 rings (SSSR count). The van der Waals surface area contributed by atoms with E-state index in [9.17, 15) is 0 Å². The first kappa shape index (κ1) is 10.1. The zero-order valence-corrected chi connectivity index (χ0v) is 10.0. The van der Waals surface area contributed by atoms with Crippen molar-refractivity contribution >= 4 is 5.52 Å². The van der Waals surface area contributed by atoms with Gasteiger partial charge in [0.1, 0.15) is 5.82 Å². The molecular weight excluding hydrogens is 208 g/mol. The second-order valence-corrected chi connectivity index (χ2v) is 4.39. The van der Waals surface area contributed by atoms with Gasteiger partial charge in [-0.25, -0.2) is 4.98 Å². The van der Waals surface area contributed by atoms with Crippen LogP contribution in [0.25, 0.3) is 16.9 Å². The van der Waals surface area contributed by atoms with Gasteiger partial charge in [0.05, 0.1) is 11.7 Å². The van der Waals surface area contributed by atoms with Gasteiger partial charge < -0.3 is 0 Å². The highest BCUT2D eigenvalue weighted by Crippen LogP contribution is 2.21. The Balaban J connectivity index is 2.24. The smallest absolute Gasteiger partial charge is 0.144 e. The number of pyridine rings is 1. The van der Waals surface area contributed by atoms with Crippen molar-refractivity contribution in [2.75, 3.05) is 0 Å². The predicted octanol–water partition coefficient (Wildman–Crippen LogP) is 3.62. The highest BCUT2D eigenvalue weighted by molar-refractivity contribution is 5.64. The largest absolute Gasteiger partial charge is 0.300 e. The molecule has 0 atom stereocenters. The van der Waals surface area contributed by atoms with Crippen LogP contribution >= 0.6 is 0 Å². The van der Waals surface area contributed by atoms with Crippen LogP contribution in [0.15, 0.2) is 48.8 Å². The number of rotatable bonds is 1. The van der Waals surface area contributed by atoms with Gasteiger partial charge in [-0.3, -0.25) is 4.40 Å². The summed E-state index contributed by atoms with van der Waals surface area (Å²) in [4.78, 5) is 4.52. The van der Waals surface area contributed by atoms with Gasteiger partial charge in [-0.1, -0.05) is 35.9 Å². The summed E-state index contributed by atoms with van der Waals surface area (Å²) in [5, 5.41) is 0. The highest BCUT2D eigenvalue weighted by atomic mass is 15.0. The van der Waals surface area contributed by atoms with Crippen molar-refractivity contribution in [3.8, 4) is 11.4 Å². The van der Waals surface area contributed by atoms with Crippen LogP contribution in [0.4, 0.5) is 0 Å². The molecule has 2 nitrogen and oxygen atoms in total. The average molecular weight is 222 g/mol. The summed E-state index contributed by atoms with van der Waals surface area (Å²) >= 11 is 0. The van der Waals surface area contributed by atoms with Gasteiger partial charge in [-0.05, 0) is 25.5 Å². The van der Waals surface area contributed by atoms with Crippen molar-refractivity contribution in [1.29, 1.82) is 0 Å². The lowest BCUT2D eigenvalue weighted by atomic mass is 10.1. The Labute approximate surface area is 101 Å². The first-order valence-electron chi connectivity index (χ1n) is 5.75. The monoisotopic (exact) mass is 222 g/mol. The lowest BCUT2D eigenvalue weighted by molar-refractivity contribution is 1.15. The van der Waals surface area contributed by atoms with Crippen LogP contribution in [0, 0.1) is 13.8 Å². The molecule has 0 aliphatic heterocycles. The van der Waals surface area contributed by atoms with Gasteiger partial charge >= 0.3 is 0 Å². The van der Waals surface area contributed by atoms with Crippen LogP contribution in [0.1, 0.15) is 11.1 Å². The molecule has 0 aliphatic carbocycles. The first-order chi connectivity index (χ1) is 8.25. The van der Waals surface area contributed by atoms with E-state index in [1.165, 1.54) is 16.6 Å². The number of nitrogens with zero attached hydrogens (tertiary/aromatic N) is 2. The van der Waals surface area contributed by atoms with Crippen molar-refractivity contribution in [2.45, 2.75) is 13.8 Å². The lowest BCUT2D eigenvalue weighted by Crippen LogP contribution is -1.90. The summed E-state index contributed by atoms with van der Waals surface area (Å²) in [7, 11) is 0. The fourth-order valence-corrected chi connectivity index (χ4v) is 2.08. The zero-order chi connectivity index (χ0) is 11.8. The molecule has 3 aromatic rings. The third-order valence-electron chi connectivity index (χ3n) is 3.09. The van der Waals surface area contributed by atoms with Crippen LogP contribution in [0.3, 0.4) is 0 Å². The minimum Gasteiger partial charge on any atom is -0.300 e. The molecule has 2 heteroatoms. The number of aryl methyl sites for hydroxylation is 2. The number of hydrogen-bond donors (Lipinski definition) is 0. The van der Waals surface area contributed by atoms with E-state index in [4.69, 9.17) is 0 Å². The second-order valence-electron chi connectivity index (χ2n) is 4.39. The minimum atomic E-state index is 1.00. The normalized spacial score (nSPS) is 10.9. The average Bonchev–Trinajstić information content (AvgIpc) is 2.75. The topological polar surface area (TPSA) is 17.3 Å². The fourth-order valence-electron chi connectivity index (χ4n) is 2.08. The Morgan fingerprint density at radius 3 is 2.53 bits per heavy atom. The molecule has 0 N–H and O–H groups in total. The summed E-state index contributed by atoms with van der Waals surface area (Å²) in [5.41, 5.74) is 4.84. The molecule has 2 heterocycles. The van der Waals surface area contributed by atoms with Crippen molar-refractivity contribution in [2.24, 2.45) is 0 Å². The Hall–Kier alpha value is -2.09. The first-order valence-corrected chi connectivity index (χ1v) is 5.75.